The number of rotatable bonds is 22. The number of nitrogens with one attached hydrogen (secondary N) is 1. The van der Waals surface area contributed by atoms with Gasteiger partial charge in [0.2, 0.25) is 0 Å². The summed E-state index contributed by atoms with van der Waals surface area (Å²) in [6.45, 7) is 23.5. The predicted octanol–water partition coefficient (Wildman–Crippen LogP) is 12.3. The summed E-state index contributed by atoms with van der Waals surface area (Å²) in [5.74, 6) is 0.567. The molecular weight excluding hydrogens is 741 g/mol. The van der Waals surface area contributed by atoms with Crippen LogP contribution in [0.15, 0.2) is 112 Å². The van der Waals surface area contributed by atoms with Crippen molar-refractivity contribution in [2.45, 2.75) is 114 Å². The Bertz CT molecular complexity index is 1340. The molecule has 0 heterocycles. The summed E-state index contributed by atoms with van der Waals surface area (Å²) in [7, 11) is 3.97. The first kappa shape index (κ1) is 57.1. The molecule has 7 nitrogen and oxygen atoms in total. The van der Waals surface area contributed by atoms with Gasteiger partial charge in [0.15, 0.2) is 0 Å². The number of aldehydes is 1. The summed E-state index contributed by atoms with van der Waals surface area (Å²) in [5.41, 5.74) is 1.14. The van der Waals surface area contributed by atoms with Crippen LogP contribution in [-0.4, -0.2) is 74.0 Å². The molecule has 0 saturated carbocycles. The lowest BCUT2D eigenvalue weighted by Crippen LogP contribution is -2.44. The van der Waals surface area contributed by atoms with E-state index in [1.165, 1.54) is 12.8 Å². The molecule has 56 heavy (non-hydrogen) atoms. The molecular formula is C47H77Cl2N3O4. The van der Waals surface area contributed by atoms with Gasteiger partial charge in [0, 0.05) is 35.5 Å². The summed E-state index contributed by atoms with van der Waals surface area (Å²) in [4.78, 5) is 28.4. The molecule has 0 aliphatic heterocycles. The average molecular weight is 819 g/mol. The van der Waals surface area contributed by atoms with Crippen LogP contribution in [0.1, 0.15) is 102 Å². The van der Waals surface area contributed by atoms with Crippen molar-refractivity contribution in [2.24, 2.45) is 28.7 Å². The Morgan fingerprint density at radius 1 is 1.00 bits per heavy atom. The third kappa shape index (κ3) is 30.0. The van der Waals surface area contributed by atoms with Crippen molar-refractivity contribution >= 4 is 41.3 Å². The highest BCUT2D eigenvalue weighted by Gasteiger charge is 2.19. The summed E-state index contributed by atoms with van der Waals surface area (Å²) >= 11 is 12.5. The van der Waals surface area contributed by atoms with Gasteiger partial charge < -0.3 is 24.9 Å². The minimum Gasteiger partial charge on any atom is -0.481 e. The van der Waals surface area contributed by atoms with E-state index in [4.69, 9.17) is 38.0 Å². The third-order valence-corrected chi connectivity index (χ3v) is 8.86. The highest BCUT2D eigenvalue weighted by Crippen LogP contribution is 2.18. The molecule has 318 valence electrons. The molecule has 0 saturated heterocycles. The van der Waals surface area contributed by atoms with Gasteiger partial charge in [-0.25, -0.2) is 0 Å². The molecule has 1 aliphatic rings. The molecule has 6 unspecified atom stereocenters. The zero-order valence-electron chi connectivity index (χ0n) is 37.0. The van der Waals surface area contributed by atoms with Crippen molar-refractivity contribution in [1.29, 1.82) is 0 Å². The van der Waals surface area contributed by atoms with Crippen LogP contribution in [0.4, 0.5) is 0 Å². The Balaban J connectivity index is -0.00000171. The second-order valence-corrected chi connectivity index (χ2v) is 13.9. The molecule has 6 atom stereocenters. The lowest BCUT2D eigenvalue weighted by Gasteiger charge is -2.27. The monoisotopic (exact) mass is 818 g/mol. The van der Waals surface area contributed by atoms with Gasteiger partial charge in [0.05, 0.1) is 31.2 Å². The summed E-state index contributed by atoms with van der Waals surface area (Å²) in [6, 6.07) is -0.0308. The lowest BCUT2D eigenvalue weighted by molar-refractivity contribution is -0.139. The number of hydrogen-bond donors (Lipinski definition) is 2. The molecule has 9 heteroatoms. The van der Waals surface area contributed by atoms with Gasteiger partial charge in [0.1, 0.15) is 12.1 Å². The molecule has 0 aromatic rings. The maximum Gasteiger partial charge on any atom is 0.310 e. The predicted molar refractivity (Wildman–Crippen MR) is 247 cm³/mol. The van der Waals surface area contributed by atoms with Crippen LogP contribution in [0, 0.1) is 23.7 Å². The van der Waals surface area contributed by atoms with E-state index >= 15 is 0 Å². The van der Waals surface area contributed by atoms with Crippen LogP contribution in [0.3, 0.4) is 0 Å². The molecule has 1 rings (SSSR count). The van der Waals surface area contributed by atoms with Crippen molar-refractivity contribution in [3.05, 3.63) is 107 Å². The van der Waals surface area contributed by atoms with Gasteiger partial charge in [-0.15, -0.1) is 0 Å². The fourth-order valence-electron chi connectivity index (χ4n) is 4.77. The quantitative estimate of drug-likeness (QED) is 0.0372. The number of amidine groups is 1. The van der Waals surface area contributed by atoms with Crippen LogP contribution in [0.5, 0.6) is 0 Å². The number of halogens is 2. The van der Waals surface area contributed by atoms with Gasteiger partial charge in [-0.05, 0) is 77.3 Å². The number of ether oxygens (including phenoxy) is 1. The van der Waals surface area contributed by atoms with Gasteiger partial charge in [-0.3, -0.25) is 9.79 Å². The largest absolute Gasteiger partial charge is 0.481 e. The van der Waals surface area contributed by atoms with Gasteiger partial charge >= 0.3 is 5.97 Å². The van der Waals surface area contributed by atoms with E-state index in [0.29, 0.717) is 23.2 Å². The van der Waals surface area contributed by atoms with Gasteiger partial charge in [-0.1, -0.05) is 157 Å². The Morgan fingerprint density at radius 2 is 1.68 bits per heavy atom. The molecule has 0 aromatic carbocycles. The first-order valence-electron chi connectivity index (χ1n) is 20.4. The van der Waals surface area contributed by atoms with E-state index in [1.54, 1.807) is 25.2 Å². The Morgan fingerprint density at radius 3 is 2.23 bits per heavy atom. The smallest absolute Gasteiger partial charge is 0.310 e. The zero-order chi connectivity index (χ0) is 43.3. The number of hydrogen-bond acceptors (Lipinski definition) is 5. The third-order valence-electron chi connectivity index (χ3n) is 8.36. The van der Waals surface area contributed by atoms with Gasteiger partial charge in [0.25, 0.3) is 0 Å². The fourth-order valence-corrected chi connectivity index (χ4v) is 5.25. The summed E-state index contributed by atoms with van der Waals surface area (Å²) in [5, 5.41) is 13.7. The van der Waals surface area contributed by atoms with E-state index in [0.717, 1.165) is 43.0 Å². The normalized spacial score (nSPS) is 17.5. The number of likely N-dealkylation sites (N-methyl/N-ethyl adjacent to an activating group) is 2. The number of carboxylic acids is 1. The number of aliphatic imine (C=N–C) groups is 1. The molecule has 0 spiro atoms. The van der Waals surface area contributed by atoms with Gasteiger partial charge in [-0.2, -0.15) is 0 Å². The topological polar surface area (TPSA) is 91.2 Å². The Labute approximate surface area is 352 Å². The lowest BCUT2D eigenvalue weighted by atomic mass is 9.97. The molecule has 0 amide bonds. The van der Waals surface area contributed by atoms with Crippen molar-refractivity contribution in [3.8, 4) is 0 Å². The SMILES string of the molecule is CC.CC.CC=CC(/C=C\C(C)C(=O)O)COC1C=CC=C(CC(NC)C(=NC/C=C(Cl)/C=C(Cl)\C=C/C)N(C)C/C=C/C)C=C1.CCC(C)CCC(C)C=O. The molecule has 0 fully saturated rings. The van der Waals surface area contributed by atoms with Crippen LogP contribution < -0.4 is 5.32 Å². The highest BCUT2D eigenvalue weighted by atomic mass is 35.5. The fraction of sp³-hybridized carbons (Fsp3) is 0.553. The Hall–Kier alpha value is -3.23. The van der Waals surface area contributed by atoms with Crippen LogP contribution in [0.2, 0.25) is 0 Å². The maximum atomic E-state index is 11.1. The van der Waals surface area contributed by atoms with Crippen molar-refractivity contribution < 1.29 is 19.4 Å². The summed E-state index contributed by atoms with van der Waals surface area (Å²) < 4.78 is 6.15. The standard InChI is InChI=1S/C34H47Cl2N3O3.C9H18O.2C2H6/c1-7-10-22-39(6)33(38-21-20-30(36)24-29(35)13-9-3)32(37-5)23-27-14-11-15-31(19-18-27)42-25-28(12-8-2)17-16-26(4)34(40)41;1-4-8(2)5-6-9(3)7-10;2*1-2/h7-20,24,26,28,31-32,37H,21-23,25H2,1-6H3,(H,40,41);7-9H,4-6H2,1-3H3;2*1-2H3/b10-7+,12-8?,13-9-,17-16-,29-24+,30-20-,38-33?;;;. The molecule has 0 radical (unpaired) electrons. The first-order chi connectivity index (χ1) is 26.8. The van der Waals surface area contributed by atoms with E-state index < -0.39 is 11.9 Å². The zero-order valence-corrected chi connectivity index (χ0v) is 38.5. The number of carbonyl (C=O) groups is 2. The minimum absolute atomic E-state index is 0.00777. The van der Waals surface area contributed by atoms with E-state index in [9.17, 15) is 9.59 Å². The summed E-state index contributed by atoms with van der Waals surface area (Å²) in [6.07, 6.45) is 34.2. The number of allylic oxidation sites excluding steroid dienone is 10. The van der Waals surface area contributed by atoms with Crippen LogP contribution >= 0.6 is 23.2 Å². The average Bonchev–Trinajstić information content (AvgIpc) is 3.44. The molecule has 0 bridgehead atoms. The Kier molecular flexibility index (Phi) is 39.4. The molecule has 0 aromatic heterocycles. The van der Waals surface area contributed by atoms with Crippen molar-refractivity contribution in [3.63, 3.8) is 0 Å². The van der Waals surface area contributed by atoms with E-state index in [1.807, 2.05) is 124 Å². The second-order valence-electron chi connectivity index (χ2n) is 13.0. The number of carboxylic acid groups (broad SMARTS) is 1. The first-order valence-corrected chi connectivity index (χ1v) is 21.2. The molecule has 1 aliphatic carbocycles. The van der Waals surface area contributed by atoms with E-state index in [2.05, 4.69) is 42.3 Å². The van der Waals surface area contributed by atoms with Crippen LogP contribution in [0.25, 0.3) is 0 Å². The van der Waals surface area contributed by atoms with Crippen molar-refractivity contribution in [1.82, 2.24) is 10.2 Å². The number of aliphatic carboxylic acids is 1. The van der Waals surface area contributed by atoms with Crippen LogP contribution in [-0.2, 0) is 14.3 Å². The molecule has 2 N–H and O–H groups in total. The highest BCUT2D eigenvalue weighted by molar-refractivity contribution is 6.35. The van der Waals surface area contributed by atoms with Crippen molar-refractivity contribution in [2.75, 3.05) is 33.8 Å². The van der Waals surface area contributed by atoms with E-state index in [-0.39, 0.29) is 24.0 Å². The minimum atomic E-state index is -0.844. The number of carbonyl (C=O) groups excluding carboxylic acids is 1. The number of nitrogens with zero attached hydrogens (tertiary/aromatic N) is 2. The second kappa shape index (κ2) is 38.6. The maximum absolute atomic E-state index is 11.1.